The van der Waals surface area contributed by atoms with Crippen LogP contribution in [0, 0.1) is 11.6 Å². The minimum Gasteiger partial charge on any atom is -0.497 e. The van der Waals surface area contributed by atoms with Gasteiger partial charge < -0.3 is 66.2 Å². The maximum Gasteiger partial charge on any atom is 0.246 e. The van der Waals surface area contributed by atoms with E-state index in [4.69, 9.17) is 14.2 Å². The van der Waals surface area contributed by atoms with Crippen molar-refractivity contribution in [1.29, 1.82) is 0 Å². The third kappa shape index (κ3) is 19.1. The monoisotopic (exact) mass is 1330 g/mol. The zero-order valence-corrected chi connectivity index (χ0v) is 55.5. The van der Waals surface area contributed by atoms with Crippen LogP contribution in [0.5, 0.6) is 11.5 Å². The van der Waals surface area contributed by atoms with Crippen molar-refractivity contribution in [3.8, 4) is 11.5 Å². The van der Waals surface area contributed by atoms with E-state index in [0.717, 1.165) is 10.5 Å². The van der Waals surface area contributed by atoms with Crippen LogP contribution in [0.25, 0.3) is 10.9 Å². The number of H-pyrrole nitrogens is 1. The van der Waals surface area contributed by atoms with Gasteiger partial charge >= 0.3 is 0 Å². The van der Waals surface area contributed by atoms with E-state index in [2.05, 4.69) is 42.2 Å². The number of halogens is 2. The number of rotatable bonds is 7. The molecule has 26 heteroatoms. The Kier molecular flexibility index (Phi) is 25.5. The van der Waals surface area contributed by atoms with E-state index < -0.39 is 119 Å². The molecule has 9 amide bonds. The minimum absolute atomic E-state index is 0.0199. The highest BCUT2D eigenvalue weighted by molar-refractivity contribution is 7.98. The number of amides is 9. The molecule has 1 aromatic heterocycles. The molecular weight excluding hydrogens is 1250 g/mol. The normalized spacial score (nSPS) is 25.2. The van der Waals surface area contributed by atoms with Crippen molar-refractivity contribution in [2.24, 2.45) is 0 Å². The van der Waals surface area contributed by atoms with Gasteiger partial charge in [-0.25, -0.2) is 8.78 Å². The number of nitrogens with one attached hydrogen (secondary N) is 8. The maximum atomic E-state index is 15.5. The molecule has 9 atom stereocenters. The van der Waals surface area contributed by atoms with E-state index in [1.807, 2.05) is 6.07 Å². The fourth-order valence-electron chi connectivity index (χ4n) is 11.6. The molecule has 504 valence electrons. The van der Waals surface area contributed by atoms with Gasteiger partial charge in [0.1, 0.15) is 77.6 Å². The lowest BCUT2D eigenvalue weighted by Gasteiger charge is -2.37. The van der Waals surface area contributed by atoms with Crippen molar-refractivity contribution in [3.05, 3.63) is 143 Å². The molecule has 0 saturated carbocycles. The van der Waals surface area contributed by atoms with Crippen molar-refractivity contribution < 1.29 is 66.1 Å². The number of nitrogens with zero attached hydrogens (tertiary/aromatic N) is 2. The standard InChI is InChI=1S/C68H84F2N10O12S2/c1-40-60(82)74-41(2)61(83)75-54-34-44-13-11-14-51(32-44)92-26-10-8-9-15-57(79(5)65(87)56(76-62(54)84)35-47-37-72-53-21-18-48(69)36-52(47)53)63(85)78-59(42(3)90-6)64(86)77-55(33-43-16-19-50(91-7)20-17-43)66(88)80-25-12-23-68(80,4)67(89)71-24-28-94-39-46-29-45(30-49(70)31-46)38-93-27-22-58(81)73-40/h8,10-11,13-14,16-21,29-32,36-37,40-42,54-57,59,72H,9,12,15,22-28,33-35,38-39H2,1-7H3,(H,71,89)(H,73,81)(H,74,82)(H,75,83)(H,76,84)(H,77,86)(H,78,85)/b10-8+/t40-,41+,42+,54-,55-,56-,57-,59-,68-/m0/s1. The van der Waals surface area contributed by atoms with E-state index in [9.17, 15) is 28.0 Å². The van der Waals surface area contributed by atoms with Gasteiger partial charge in [0.15, 0.2) is 0 Å². The summed E-state index contributed by atoms with van der Waals surface area (Å²) in [6.45, 7) is 6.57. The first kappa shape index (κ1) is 71.4. The number of benzene rings is 4. The molecular formula is C68H84F2N10O12S2. The van der Waals surface area contributed by atoms with Crippen molar-refractivity contribution in [2.75, 3.05) is 52.5 Å². The highest BCUT2D eigenvalue weighted by atomic mass is 32.2. The van der Waals surface area contributed by atoms with Gasteiger partial charge in [-0.05, 0) is 136 Å². The Balaban J connectivity index is 1.15. The smallest absolute Gasteiger partial charge is 0.246 e. The van der Waals surface area contributed by atoms with Gasteiger partial charge in [0.25, 0.3) is 0 Å². The molecule has 1 saturated heterocycles. The lowest BCUT2D eigenvalue weighted by atomic mass is 9.95. The molecule has 0 unspecified atom stereocenters. The highest BCUT2D eigenvalue weighted by Gasteiger charge is 2.48. The predicted molar refractivity (Wildman–Crippen MR) is 354 cm³/mol. The Bertz CT molecular complexity index is 3580. The number of fused-ring (bicyclic) bond motifs is 12. The summed E-state index contributed by atoms with van der Waals surface area (Å²) in [6, 6.07) is 13.1. The second kappa shape index (κ2) is 33.6. The van der Waals surface area contributed by atoms with Crippen LogP contribution in [0.1, 0.15) is 87.6 Å². The molecule has 6 bridgehead atoms. The highest BCUT2D eigenvalue weighted by Crippen LogP contribution is 2.31. The molecule has 5 aromatic rings. The first-order valence-electron chi connectivity index (χ1n) is 31.4. The molecule has 0 spiro atoms. The third-order valence-corrected chi connectivity index (χ3v) is 19.2. The summed E-state index contributed by atoms with van der Waals surface area (Å²) in [6.07, 6.45) is 4.52. The van der Waals surface area contributed by atoms with E-state index in [1.165, 1.54) is 93.9 Å². The molecule has 8 rings (SSSR count). The summed E-state index contributed by atoms with van der Waals surface area (Å²) >= 11 is 2.88. The Morgan fingerprint density at radius 2 is 1.41 bits per heavy atom. The second-order valence-electron chi connectivity index (χ2n) is 24.0. The molecule has 3 aliphatic heterocycles. The lowest BCUT2D eigenvalue weighted by molar-refractivity contribution is -0.147. The zero-order valence-electron chi connectivity index (χ0n) is 53.9. The van der Waals surface area contributed by atoms with Gasteiger partial charge in [0.2, 0.25) is 53.2 Å². The summed E-state index contributed by atoms with van der Waals surface area (Å²) in [5.74, 6) is -4.60. The molecule has 3 aliphatic rings. The summed E-state index contributed by atoms with van der Waals surface area (Å²) in [7, 11) is 4.23. The maximum absolute atomic E-state index is 15.5. The number of aromatic amines is 1. The number of aromatic nitrogens is 1. The summed E-state index contributed by atoms with van der Waals surface area (Å²) in [5.41, 5.74) is 2.20. The van der Waals surface area contributed by atoms with Gasteiger partial charge in [-0.1, -0.05) is 42.5 Å². The number of likely N-dealkylation sites (N-methyl/N-ethyl adjacent to an activating group) is 1. The topological polar surface area (TPSA) is 288 Å². The van der Waals surface area contributed by atoms with Gasteiger partial charge in [-0.15, -0.1) is 0 Å². The van der Waals surface area contributed by atoms with Crippen molar-refractivity contribution in [2.45, 2.75) is 145 Å². The van der Waals surface area contributed by atoms with Crippen LogP contribution in [0.4, 0.5) is 8.78 Å². The Labute approximate surface area is 554 Å². The molecule has 22 nitrogen and oxygen atoms in total. The Hall–Kier alpha value is -8.49. The van der Waals surface area contributed by atoms with Crippen LogP contribution in [-0.2, 0) is 78.7 Å². The molecule has 8 N–H and O–H groups in total. The van der Waals surface area contributed by atoms with Crippen molar-refractivity contribution in [1.82, 2.24) is 52.0 Å². The fraction of sp³-hybridized carbons (Fsp3) is 0.456. The van der Waals surface area contributed by atoms with Crippen LogP contribution in [0.2, 0.25) is 0 Å². The first-order chi connectivity index (χ1) is 45.0. The van der Waals surface area contributed by atoms with E-state index in [1.54, 1.807) is 80.7 Å². The number of thioether (sulfide) groups is 2. The van der Waals surface area contributed by atoms with E-state index in [0.29, 0.717) is 80.5 Å². The summed E-state index contributed by atoms with van der Waals surface area (Å²) in [5, 5.41) is 20.0. The number of ether oxygens (including phenoxy) is 3. The predicted octanol–water partition coefficient (Wildman–Crippen LogP) is 5.09. The molecule has 94 heavy (non-hydrogen) atoms. The van der Waals surface area contributed by atoms with Gasteiger partial charge in [0.05, 0.1) is 13.2 Å². The number of carbonyl (C=O) groups excluding carboxylic acids is 9. The fourth-order valence-corrected chi connectivity index (χ4v) is 13.3. The first-order valence-corrected chi connectivity index (χ1v) is 33.7. The molecule has 0 radical (unpaired) electrons. The SMILES string of the molecule is COc1ccc(C[C@@H]2NC(=O)[C@H]([C@@H](C)OC)NC(=O)[C@@H]3CC/C=C/COc4cccc(c4)C[C@H](NC(=O)[C@@H](C)NC(=O)[C@H](C)NC(=O)CCSCc4cc(F)cc(c4)CSCCNC(=O)[C@]4(C)CCCN4C2=O)C(=O)N[C@@H](Cc2c[nH]c4ccc(F)cc24)C(=O)N3C)cc1. The quantitative estimate of drug-likeness (QED) is 0.0986. The van der Waals surface area contributed by atoms with Crippen LogP contribution in [-0.4, -0.2) is 174 Å². The number of hydrogen-bond donors (Lipinski definition) is 8. The van der Waals surface area contributed by atoms with Crippen LogP contribution >= 0.6 is 23.5 Å². The zero-order chi connectivity index (χ0) is 67.6. The number of hydrogen-bond acceptors (Lipinski definition) is 14. The molecule has 0 aliphatic carbocycles. The van der Waals surface area contributed by atoms with E-state index >= 15 is 24.0 Å². The lowest BCUT2D eigenvalue weighted by Crippen LogP contribution is -2.63. The average Bonchev–Trinajstić information content (AvgIpc) is 1.59. The van der Waals surface area contributed by atoms with Crippen molar-refractivity contribution in [3.63, 3.8) is 0 Å². The minimum atomic E-state index is -1.51. The second-order valence-corrected chi connectivity index (χ2v) is 26.2. The van der Waals surface area contributed by atoms with Gasteiger partial charge in [0, 0.05) is 93.0 Å². The molecule has 4 heterocycles. The van der Waals surface area contributed by atoms with E-state index in [-0.39, 0.29) is 58.2 Å². The van der Waals surface area contributed by atoms with Gasteiger partial charge in [-0.2, -0.15) is 23.5 Å². The molecule has 1 fully saturated rings. The van der Waals surface area contributed by atoms with Crippen LogP contribution in [0.15, 0.2) is 103 Å². The number of carbonyl (C=O) groups is 9. The van der Waals surface area contributed by atoms with Crippen molar-refractivity contribution >= 4 is 87.6 Å². The Morgan fingerprint density at radius 1 is 0.713 bits per heavy atom. The summed E-state index contributed by atoms with van der Waals surface area (Å²) < 4.78 is 47.1. The van der Waals surface area contributed by atoms with Crippen LogP contribution in [0.3, 0.4) is 0 Å². The average molecular weight is 1340 g/mol. The van der Waals surface area contributed by atoms with Gasteiger partial charge in [-0.3, -0.25) is 43.2 Å². The number of allylic oxidation sites excluding steroid dienone is 1. The number of methoxy groups -OCH3 is 2. The van der Waals surface area contributed by atoms with Crippen LogP contribution < -0.4 is 46.7 Å². The third-order valence-electron chi connectivity index (χ3n) is 17.1. The Morgan fingerprint density at radius 3 is 2.15 bits per heavy atom. The molecule has 4 aromatic carbocycles. The largest absolute Gasteiger partial charge is 0.497 e. The summed E-state index contributed by atoms with van der Waals surface area (Å²) in [4.78, 5) is 137.